The van der Waals surface area contributed by atoms with Gasteiger partial charge in [-0.05, 0) is 24.5 Å². The summed E-state index contributed by atoms with van der Waals surface area (Å²) in [6.07, 6.45) is 1.03. The van der Waals surface area contributed by atoms with Gasteiger partial charge in [-0.1, -0.05) is 23.7 Å². The summed E-state index contributed by atoms with van der Waals surface area (Å²) in [5, 5.41) is 2.30. The van der Waals surface area contributed by atoms with Crippen molar-refractivity contribution in [1.29, 1.82) is 0 Å². The SMILES string of the molecule is O=C1CCC(Cc2cccc(Cl)c2F)C(=O)N1. The Balaban J connectivity index is 2.13. The maximum absolute atomic E-state index is 13.6. The molecule has 90 valence electrons. The van der Waals surface area contributed by atoms with E-state index >= 15 is 0 Å². The number of nitrogens with one attached hydrogen (secondary N) is 1. The van der Waals surface area contributed by atoms with Crippen molar-refractivity contribution in [2.45, 2.75) is 19.3 Å². The van der Waals surface area contributed by atoms with Crippen LogP contribution in [0.4, 0.5) is 4.39 Å². The maximum atomic E-state index is 13.6. The summed E-state index contributed by atoms with van der Waals surface area (Å²) in [5.41, 5.74) is 0.409. The highest BCUT2D eigenvalue weighted by atomic mass is 35.5. The normalized spacial score (nSPS) is 20.2. The molecule has 2 rings (SSSR count). The zero-order chi connectivity index (χ0) is 12.4. The number of hydrogen-bond donors (Lipinski definition) is 1. The molecule has 0 saturated carbocycles. The zero-order valence-electron chi connectivity index (χ0n) is 9.00. The van der Waals surface area contributed by atoms with E-state index in [1.54, 1.807) is 12.1 Å². The summed E-state index contributed by atoms with van der Waals surface area (Å²) < 4.78 is 13.6. The van der Waals surface area contributed by atoms with E-state index in [1.165, 1.54) is 6.07 Å². The van der Waals surface area contributed by atoms with Crippen LogP contribution in [0.1, 0.15) is 18.4 Å². The fourth-order valence-electron chi connectivity index (χ4n) is 1.90. The molecule has 1 heterocycles. The number of rotatable bonds is 2. The van der Waals surface area contributed by atoms with E-state index in [1.807, 2.05) is 0 Å². The third-order valence-corrected chi connectivity index (χ3v) is 3.14. The Kier molecular flexibility index (Phi) is 3.43. The van der Waals surface area contributed by atoms with E-state index in [2.05, 4.69) is 5.32 Å². The van der Waals surface area contributed by atoms with Gasteiger partial charge in [0.25, 0.3) is 0 Å². The zero-order valence-corrected chi connectivity index (χ0v) is 9.76. The van der Waals surface area contributed by atoms with Crippen LogP contribution >= 0.6 is 11.6 Å². The topological polar surface area (TPSA) is 46.2 Å². The van der Waals surface area contributed by atoms with E-state index in [-0.39, 0.29) is 29.2 Å². The molecule has 1 atom stereocenters. The van der Waals surface area contributed by atoms with Crippen molar-refractivity contribution < 1.29 is 14.0 Å². The first-order chi connectivity index (χ1) is 8.08. The Bertz CT molecular complexity index is 476. The molecule has 0 aliphatic carbocycles. The number of benzene rings is 1. The van der Waals surface area contributed by atoms with E-state index in [0.29, 0.717) is 18.4 Å². The van der Waals surface area contributed by atoms with Gasteiger partial charge in [-0.2, -0.15) is 0 Å². The first-order valence-corrected chi connectivity index (χ1v) is 5.72. The van der Waals surface area contributed by atoms with Gasteiger partial charge in [0.15, 0.2) is 0 Å². The lowest BCUT2D eigenvalue weighted by Crippen LogP contribution is -2.41. The molecule has 1 saturated heterocycles. The van der Waals surface area contributed by atoms with Gasteiger partial charge in [0.2, 0.25) is 11.8 Å². The number of carbonyl (C=O) groups is 2. The largest absolute Gasteiger partial charge is 0.296 e. The van der Waals surface area contributed by atoms with Crippen LogP contribution in [0.3, 0.4) is 0 Å². The molecule has 0 aromatic heterocycles. The molecule has 0 bridgehead atoms. The van der Waals surface area contributed by atoms with Crippen molar-refractivity contribution in [2.75, 3.05) is 0 Å². The third kappa shape index (κ3) is 2.64. The molecule has 1 aromatic carbocycles. The van der Waals surface area contributed by atoms with Gasteiger partial charge in [-0.15, -0.1) is 0 Å². The first kappa shape index (κ1) is 12.0. The first-order valence-electron chi connectivity index (χ1n) is 5.34. The van der Waals surface area contributed by atoms with Crippen molar-refractivity contribution >= 4 is 23.4 Å². The minimum atomic E-state index is -0.487. The van der Waals surface area contributed by atoms with Gasteiger partial charge in [-0.25, -0.2) is 4.39 Å². The van der Waals surface area contributed by atoms with Crippen LogP contribution in [0.25, 0.3) is 0 Å². The fraction of sp³-hybridized carbons (Fsp3) is 0.333. The lowest BCUT2D eigenvalue weighted by Gasteiger charge is -2.20. The molecular weight excluding hydrogens is 245 g/mol. The molecule has 1 aliphatic heterocycles. The summed E-state index contributed by atoms with van der Waals surface area (Å²) in [4.78, 5) is 22.5. The molecule has 3 nitrogen and oxygen atoms in total. The number of imide groups is 1. The average Bonchev–Trinajstić information content (AvgIpc) is 2.28. The Morgan fingerprint density at radius 2 is 2.18 bits per heavy atom. The van der Waals surface area contributed by atoms with Gasteiger partial charge in [-0.3, -0.25) is 14.9 Å². The van der Waals surface area contributed by atoms with Crippen molar-refractivity contribution in [1.82, 2.24) is 5.32 Å². The Hall–Kier alpha value is -1.42. The van der Waals surface area contributed by atoms with Crippen LogP contribution < -0.4 is 5.32 Å². The predicted molar refractivity (Wildman–Crippen MR) is 61.0 cm³/mol. The third-order valence-electron chi connectivity index (χ3n) is 2.85. The number of halogens is 2. The highest BCUT2D eigenvalue weighted by Gasteiger charge is 2.27. The van der Waals surface area contributed by atoms with Crippen molar-refractivity contribution in [3.05, 3.63) is 34.6 Å². The molecule has 17 heavy (non-hydrogen) atoms. The Morgan fingerprint density at radius 3 is 2.88 bits per heavy atom. The van der Waals surface area contributed by atoms with Crippen LogP contribution in [0.5, 0.6) is 0 Å². The van der Waals surface area contributed by atoms with E-state index < -0.39 is 5.82 Å². The van der Waals surface area contributed by atoms with Crippen LogP contribution in [-0.4, -0.2) is 11.8 Å². The molecule has 1 unspecified atom stereocenters. The highest BCUT2D eigenvalue weighted by molar-refractivity contribution is 6.30. The smallest absolute Gasteiger partial charge is 0.230 e. The molecule has 1 fully saturated rings. The van der Waals surface area contributed by atoms with Crippen LogP contribution in [0.2, 0.25) is 5.02 Å². The number of piperidine rings is 1. The molecule has 1 aliphatic rings. The fourth-order valence-corrected chi connectivity index (χ4v) is 2.10. The standard InChI is InChI=1S/C12H11ClFNO2/c13-9-3-1-2-7(11(9)14)6-8-4-5-10(16)15-12(8)17/h1-3,8H,4-6H2,(H,15,16,17). The van der Waals surface area contributed by atoms with E-state index in [4.69, 9.17) is 11.6 Å². The van der Waals surface area contributed by atoms with E-state index in [9.17, 15) is 14.0 Å². The summed E-state index contributed by atoms with van der Waals surface area (Å²) in [6.45, 7) is 0. The number of carbonyl (C=O) groups excluding carboxylic acids is 2. The van der Waals surface area contributed by atoms with Crippen molar-refractivity contribution in [2.24, 2.45) is 5.92 Å². The minimum Gasteiger partial charge on any atom is -0.296 e. The molecular formula is C12H11ClFNO2. The second-order valence-corrected chi connectivity index (χ2v) is 4.47. The van der Waals surface area contributed by atoms with Crippen molar-refractivity contribution in [3.8, 4) is 0 Å². The quantitative estimate of drug-likeness (QED) is 0.823. The lowest BCUT2D eigenvalue weighted by molar-refractivity contribution is -0.136. The summed E-state index contributed by atoms with van der Waals surface area (Å²) in [6, 6.07) is 4.71. The second kappa shape index (κ2) is 4.84. The molecule has 2 amide bonds. The van der Waals surface area contributed by atoms with Gasteiger partial charge < -0.3 is 0 Å². The van der Waals surface area contributed by atoms with Crippen LogP contribution in [-0.2, 0) is 16.0 Å². The van der Waals surface area contributed by atoms with Gasteiger partial charge in [0.1, 0.15) is 5.82 Å². The maximum Gasteiger partial charge on any atom is 0.230 e. The molecule has 0 spiro atoms. The molecule has 1 N–H and O–H groups in total. The monoisotopic (exact) mass is 255 g/mol. The Labute approximate surface area is 103 Å². The molecule has 5 heteroatoms. The number of amides is 2. The molecule has 0 radical (unpaired) electrons. The molecule has 1 aromatic rings. The summed E-state index contributed by atoms with van der Waals surface area (Å²) in [5.74, 6) is -1.45. The predicted octanol–water partition coefficient (Wildman–Crippen LogP) is 2.07. The Morgan fingerprint density at radius 1 is 1.41 bits per heavy atom. The lowest BCUT2D eigenvalue weighted by atomic mass is 9.91. The van der Waals surface area contributed by atoms with Gasteiger partial charge in [0, 0.05) is 12.3 Å². The second-order valence-electron chi connectivity index (χ2n) is 4.07. The van der Waals surface area contributed by atoms with E-state index in [0.717, 1.165) is 0 Å². The van der Waals surface area contributed by atoms with Gasteiger partial charge >= 0.3 is 0 Å². The van der Waals surface area contributed by atoms with Crippen LogP contribution in [0, 0.1) is 11.7 Å². The highest BCUT2D eigenvalue weighted by Crippen LogP contribution is 2.23. The minimum absolute atomic E-state index is 0.0507. The van der Waals surface area contributed by atoms with Crippen molar-refractivity contribution in [3.63, 3.8) is 0 Å². The summed E-state index contributed by atoms with van der Waals surface area (Å²) >= 11 is 5.66. The van der Waals surface area contributed by atoms with Gasteiger partial charge in [0.05, 0.1) is 5.02 Å². The number of hydrogen-bond acceptors (Lipinski definition) is 2. The summed E-state index contributed by atoms with van der Waals surface area (Å²) in [7, 11) is 0. The van der Waals surface area contributed by atoms with Crippen LogP contribution in [0.15, 0.2) is 18.2 Å². The average molecular weight is 256 g/mol.